The lowest BCUT2D eigenvalue weighted by molar-refractivity contribution is 0.511. The smallest absolute Gasteiger partial charge is 0.191 e. The Morgan fingerprint density at radius 1 is 1.10 bits per heavy atom. The molecule has 1 aromatic carbocycles. The van der Waals surface area contributed by atoms with Crippen molar-refractivity contribution in [2.75, 3.05) is 31.1 Å². The minimum atomic E-state index is 0.500. The molecule has 0 bridgehead atoms. The minimum Gasteiger partial charge on any atom is -0.467 e. The number of nitrogens with zero attached hydrogens (tertiary/aromatic N) is 5. The first kappa shape index (κ1) is 22.4. The summed E-state index contributed by atoms with van der Waals surface area (Å²) in [5.41, 5.74) is 1.26. The first-order valence-corrected chi connectivity index (χ1v) is 11.0. The van der Waals surface area contributed by atoms with Crippen molar-refractivity contribution in [1.29, 1.82) is 0 Å². The maximum atomic E-state index is 5.41. The molecule has 2 N–H and O–H groups in total. The molecule has 0 aliphatic rings. The third-order valence-electron chi connectivity index (χ3n) is 5.03. The lowest BCUT2D eigenvalue weighted by Gasteiger charge is -2.23. The Kier molecular flexibility index (Phi) is 8.97. The van der Waals surface area contributed by atoms with Crippen molar-refractivity contribution in [1.82, 2.24) is 25.4 Å². The maximum absolute atomic E-state index is 5.41. The number of hydrogen-bond acceptors (Lipinski definition) is 5. The lowest BCUT2D eigenvalue weighted by Crippen LogP contribution is -2.40. The van der Waals surface area contributed by atoms with E-state index in [9.17, 15) is 0 Å². The summed E-state index contributed by atoms with van der Waals surface area (Å²) in [6, 6.07) is 14.3. The van der Waals surface area contributed by atoms with E-state index < -0.39 is 0 Å². The fourth-order valence-corrected chi connectivity index (χ4v) is 3.35. The van der Waals surface area contributed by atoms with Gasteiger partial charge in [0.15, 0.2) is 5.96 Å². The molecule has 2 heterocycles. The first-order chi connectivity index (χ1) is 15.3. The standard InChI is InChI=1S/C23H33N7O/c1-3-22-28-27-19-30(22)16-14-25-23(26-18-21-12-8-17-31-21)24-13-9-15-29(4-2)20-10-6-5-7-11-20/h5-8,10-12,17,19H,3-4,9,13-16,18H2,1-2H3,(H2,24,25,26). The SMILES string of the molecule is CCc1nncn1CCNC(=NCc1ccco1)NCCCN(CC)c1ccccc1. The molecule has 0 aliphatic heterocycles. The Labute approximate surface area is 184 Å². The third kappa shape index (κ3) is 7.16. The van der Waals surface area contributed by atoms with Crippen LogP contribution in [0.4, 0.5) is 5.69 Å². The topological polar surface area (TPSA) is 83.5 Å². The van der Waals surface area contributed by atoms with E-state index in [1.54, 1.807) is 12.6 Å². The highest BCUT2D eigenvalue weighted by atomic mass is 16.3. The molecule has 2 aromatic heterocycles. The molecule has 3 rings (SSSR count). The van der Waals surface area contributed by atoms with Gasteiger partial charge in [-0.25, -0.2) is 4.99 Å². The molecule has 8 nitrogen and oxygen atoms in total. The van der Waals surface area contributed by atoms with Crippen molar-refractivity contribution in [2.24, 2.45) is 4.99 Å². The summed E-state index contributed by atoms with van der Waals surface area (Å²) >= 11 is 0. The molecule has 0 atom stereocenters. The zero-order valence-electron chi connectivity index (χ0n) is 18.5. The van der Waals surface area contributed by atoms with E-state index in [1.807, 2.05) is 12.1 Å². The van der Waals surface area contributed by atoms with E-state index in [4.69, 9.17) is 4.42 Å². The predicted molar refractivity (Wildman–Crippen MR) is 124 cm³/mol. The van der Waals surface area contributed by atoms with Crippen LogP contribution in [0.2, 0.25) is 0 Å². The molecule has 0 fully saturated rings. The van der Waals surface area contributed by atoms with E-state index in [0.717, 1.165) is 63.1 Å². The van der Waals surface area contributed by atoms with Crippen LogP contribution >= 0.6 is 0 Å². The summed E-state index contributed by atoms with van der Waals surface area (Å²) in [4.78, 5) is 7.05. The largest absolute Gasteiger partial charge is 0.467 e. The number of hydrogen-bond donors (Lipinski definition) is 2. The highest BCUT2D eigenvalue weighted by molar-refractivity contribution is 5.79. The van der Waals surface area contributed by atoms with Gasteiger partial charge in [0.05, 0.1) is 6.26 Å². The number of guanidine groups is 1. The summed E-state index contributed by atoms with van der Waals surface area (Å²) in [6.07, 6.45) is 5.33. The van der Waals surface area contributed by atoms with Crippen molar-refractivity contribution in [3.8, 4) is 0 Å². The van der Waals surface area contributed by atoms with E-state index in [0.29, 0.717) is 6.54 Å². The van der Waals surface area contributed by atoms with Gasteiger partial charge in [0.1, 0.15) is 24.5 Å². The quantitative estimate of drug-likeness (QED) is 0.265. The highest BCUT2D eigenvalue weighted by Gasteiger charge is 2.05. The number of anilines is 1. The van der Waals surface area contributed by atoms with Crippen LogP contribution in [0.3, 0.4) is 0 Å². The molecule has 0 saturated heterocycles. The third-order valence-corrected chi connectivity index (χ3v) is 5.03. The molecule has 0 spiro atoms. The van der Waals surface area contributed by atoms with E-state index in [1.165, 1.54) is 5.69 Å². The van der Waals surface area contributed by atoms with E-state index >= 15 is 0 Å². The summed E-state index contributed by atoms with van der Waals surface area (Å²) in [5.74, 6) is 2.61. The summed E-state index contributed by atoms with van der Waals surface area (Å²) < 4.78 is 7.47. The second kappa shape index (κ2) is 12.4. The van der Waals surface area contributed by atoms with Crippen LogP contribution < -0.4 is 15.5 Å². The molecule has 8 heteroatoms. The van der Waals surface area contributed by atoms with Crippen LogP contribution in [0.15, 0.2) is 64.5 Å². The Morgan fingerprint density at radius 2 is 1.94 bits per heavy atom. The van der Waals surface area contributed by atoms with Crippen molar-refractivity contribution in [3.05, 3.63) is 66.6 Å². The van der Waals surface area contributed by atoms with Gasteiger partial charge >= 0.3 is 0 Å². The fraction of sp³-hybridized carbons (Fsp3) is 0.435. The Hall–Kier alpha value is -3.29. The normalized spacial score (nSPS) is 11.5. The first-order valence-electron chi connectivity index (χ1n) is 11.0. The molecular weight excluding hydrogens is 390 g/mol. The van der Waals surface area contributed by atoms with Crippen molar-refractivity contribution < 1.29 is 4.42 Å². The minimum absolute atomic E-state index is 0.500. The predicted octanol–water partition coefficient (Wildman–Crippen LogP) is 3.09. The number of benzene rings is 1. The van der Waals surface area contributed by atoms with Gasteiger partial charge in [-0.05, 0) is 37.6 Å². The summed E-state index contributed by atoms with van der Waals surface area (Å²) in [5, 5.41) is 15.0. The number of nitrogens with one attached hydrogen (secondary N) is 2. The molecule has 0 aliphatic carbocycles. The number of rotatable bonds is 12. The second-order valence-electron chi connectivity index (χ2n) is 7.16. The molecule has 0 unspecified atom stereocenters. The molecule has 166 valence electrons. The average molecular weight is 424 g/mol. The molecule has 3 aromatic rings. The molecule has 0 amide bonds. The summed E-state index contributed by atoms with van der Waals surface area (Å²) in [7, 11) is 0. The lowest BCUT2D eigenvalue weighted by atomic mass is 10.2. The Balaban J connectivity index is 1.49. The van der Waals surface area contributed by atoms with Gasteiger partial charge in [0, 0.05) is 44.8 Å². The van der Waals surface area contributed by atoms with Crippen LogP contribution in [0.5, 0.6) is 0 Å². The molecular formula is C23H33N7O. The number of para-hydroxylation sites is 1. The fourth-order valence-electron chi connectivity index (χ4n) is 3.35. The van der Waals surface area contributed by atoms with Crippen LogP contribution in [0, 0.1) is 0 Å². The summed E-state index contributed by atoms with van der Waals surface area (Å²) in [6.45, 7) is 9.10. The van der Waals surface area contributed by atoms with E-state index in [2.05, 4.69) is 79.5 Å². The second-order valence-corrected chi connectivity index (χ2v) is 7.16. The number of aromatic nitrogens is 3. The van der Waals surface area contributed by atoms with Gasteiger partial charge in [-0.1, -0.05) is 25.1 Å². The van der Waals surface area contributed by atoms with Crippen molar-refractivity contribution in [2.45, 2.75) is 39.8 Å². The average Bonchev–Trinajstić information content (AvgIpc) is 3.49. The number of aryl methyl sites for hydroxylation is 1. The molecule has 0 radical (unpaired) electrons. The van der Waals surface area contributed by atoms with Gasteiger partial charge < -0.3 is 24.5 Å². The van der Waals surface area contributed by atoms with Gasteiger partial charge in [-0.15, -0.1) is 10.2 Å². The van der Waals surface area contributed by atoms with Gasteiger partial charge in [-0.3, -0.25) is 0 Å². The van der Waals surface area contributed by atoms with Crippen molar-refractivity contribution >= 4 is 11.6 Å². The maximum Gasteiger partial charge on any atom is 0.191 e. The van der Waals surface area contributed by atoms with E-state index in [-0.39, 0.29) is 0 Å². The van der Waals surface area contributed by atoms with Crippen molar-refractivity contribution in [3.63, 3.8) is 0 Å². The number of aliphatic imine (C=N–C) groups is 1. The van der Waals surface area contributed by atoms with Crippen LogP contribution in [0.1, 0.15) is 31.9 Å². The Morgan fingerprint density at radius 3 is 2.68 bits per heavy atom. The zero-order chi connectivity index (χ0) is 21.7. The van der Waals surface area contributed by atoms with Gasteiger partial charge in [0.2, 0.25) is 0 Å². The zero-order valence-corrected chi connectivity index (χ0v) is 18.5. The van der Waals surface area contributed by atoms with Crippen LogP contribution in [0.25, 0.3) is 0 Å². The highest BCUT2D eigenvalue weighted by Crippen LogP contribution is 2.12. The Bertz CT molecular complexity index is 890. The number of furan rings is 1. The van der Waals surface area contributed by atoms with Gasteiger partial charge in [-0.2, -0.15) is 0 Å². The van der Waals surface area contributed by atoms with Crippen LogP contribution in [-0.4, -0.2) is 46.9 Å². The molecule has 31 heavy (non-hydrogen) atoms. The monoisotopic (exact) mass is 423 g/mol. The molecule has 0 saturated carbocycles. The van der Waals surface area contributed by atoms with Crippen LogP contribution in [-0.2, 0) is 19.5 Å². The van der Waals surface area contributed by atoms with Gasteiger partial charge in [0.25, 0.3) is 0 Å².